The fourth-order valence-corrected chi connectivity index (χ4v) is 1.41. The summed E-state index contributed by atoms with van der Waals surface area (Å²) in [6.45, 7) is 6.48. The van der Waals surface area contributed by atoms with Gasteiger partial charge in [-0.2, -0.15) is 0 Å². The highest BCUT2D eigenvalue weighted by molar-refractivity contribution is 5.74. The van der Waals surface area contributed by atoms with E-state index in [-0.39, 0.29) is 18.4 Å². The number of rotatable bonds is 3. The molecule has 0 aromatic heterocycles. The third-order valence-electron chi connectivity index (χ3n) is 2.08. The topological polar surface area (TPSA) is 66.8 Å². The Morgan fingerprint density at radius 1 is 1.40 bits per heavy atom. The second-order valence-electron chi connectivity index (χ2n) is 4.82. The standard InChI is InChI=1S/C10H17NO4/c1-10(2,3)15-8(12)6-11-4-7(5-11)9(13)14/h7H,4-6H2,1-3H3,(H,13,14). The largest absolute Gasteiger partial charge is 0.481 e. The summed E-state index contributed by atoms with van der Waals surface area (Å²) < 4.78 is 5.11. The van der Waals surface area contributed by atoms with Gasteiger partial charge in [0.2, 0.25) is 0 Å². The Hall–Kier alpha value is -1.10. The van der Waals surface area contributed by atoms with Crippen LogP contribution in [0.2, 0.25) is 0 Å². The smallest absolute Gasteiger partial charge is 0.320 e. The number of carboxylic acids is 1. The van der Waals surface area contributed by atoms with Gasteiger partial charge in [0.25, 0.3) is 0 Å². The third kappa shape index (κ3) is 3.87. The van der Waals surface area contributed by atoms with E-state index in [9.17, 15) is 9.59 Å². The van der Waals surface area contributed by atoms with E-state index in [2.05, 4.69) is 0 Å². The Balaban J connectivity index is 2.22. The van der Waals surface area contributed by atoms with Gasteiger partial charge in [-0.1, -0.05) is 0 Å². The molecule has 0 bridgehead atoms. The van der Waals surface area contributed by atoms with Crippen LogP contribution in [0.15, 0.2) is 0 Å². The molecule has 0 radical (unpaired) electrons. The van der Waals surface area contributed by atoms with E-state index in [0.717, 1.165) is 0 Å². The van der Waals surface area contributed by atoms with Crippen LogP contribution in [0.1, 0.15) is 20.8 Å². The molecular weight excluding hydrogens is 198 g/mol. The molecule has 0 spiro atoms. The Labute approximate surface area is 89.0 Å². The fourth-order valence-electron chi connectivity index (χ4n) is 1.41. The van der Waals surface area contributed by atoms with E-state index in [1.54, 1.807) is 25.7 Å². The van der Waals surface area contributed by atoms with Crippen LogP contribution in [0.4, 0.5) is 0 Å². The Morgan fingerprint density at radius 2 is 1.93 bits per heavy atom. The lowest BCUT2D eigenvalue weighted by molar-refractivity contribution is -0.161. The van der Waals surface area contributed by atoms with Gasteiger partial charge < -0.3 is 9.84 Å². The minimum Gasteiger partial charge on any atom is -0.481 e. The highest BCUT2D eigenvalue weighted by Gasteiger charge is 2.34. The molecule has 0 unspecified atom stereocenters. The molecule has 1 N–H and O–H groups in total. The number of carbonyl (C=O) groups is 2. The maximum absolute atomic E-state index is 11.3. The molecule has 1 fully saturated rings. The highest BCUT2D eigenvalue weighted by Crippen LogP contribution is 2.16. The summed E-state index contributed by atoms with van der Waals surface area (Å²) in [7, 11) is 0. The highest BCUT2D eigenvalue weighted by atomic mass is 16.6. The average Bonchev–Trinajstić information content (AvgIpc) is 1.91. The van der Waals surface area contributed by atoms with Gasteiger partial charge in [-0.15, -0.1) is 0 Å². The molecule has 0 aliphatic carbocycles. The van der Waals surface area contributed by atoms with Crippen molar-refractivity contribution in [1.29, 1.82) is 0 Å². The van der Waals surface area contributed by atoms with Crippen LogP contribution in [-0.4, -0.2) is 47.2 Å². The first kappa shape index (κ1) is 12.0. The number of likely N-dealkylation sites (tertiary alicyclic amines) is 1. The summed E-state index contributed by atoms with van der Waals surface area (Å²) in [4.78, 5) is 23.6. The maximum Gasteiger partial charge on any atom is 0.320 e. The van der Waals surface area contributed by atoms with Gasteiger partial charge in [0.1, 0.15) is 5.60 Å². The molecule has 1 heterocycles. The van der Waals surface area contributed by atoms with Crippen LogP contribution in [0.25, 0.3) is 0 Å². The number of nitrogens with zero attached hydrogens (tertiary/aromatic N) is 1. The van der Waals surface area contributed by atoms with E-state index in [0.29, 0.717) is 13.1 Å². The molecule has 0 amide bonds. The first-order chi connectivity index (χ1) is 6.78. The Morgan fingerprint density at radius 3 is 2.33 bits per heavy atom. The predicted octanol–water partition coefficient (Wildman–Crippen LogP) is 0.344. The molecule has 1 aliphatic rings. The zero-order valence-corrected chi connectivity index (χ0v) is 9.32. The van der Waals surface area contributed by atoms with E-state index < -0.39 is 11.6 Å². The Kier molecular flexibility index (Phi) is 3.34. The predicted molar refractivity (Wildman–Crippen MR) is 53.4 cm³/mol. The molecule has 0 atom stereocenters. The van der Waals surface area contributed by atoms with Crippen molar-refractivity contribution in [2.45, 2.75) is 26.4 Å². The molecular formula is C10H17NO4. The molecule has 15 heavy (non-hydrogen) atoms. The molecule has 0 aromatic rings. The molecule has 0 saturated carbocycles. The monoisotopic (exact) mass is 215 g/mol. The summed E-state index contributed by atoms with van der Waals surface area (Å²) in [6, 6.07) is 0. The van der Waals surface area contributed by atoms with Gasteiger partial charge in [-0.3, -0.25) is 14.5 Å². The van der Waals surface area contributed by atoms with Gasteiger partial charge in [-0.05, 0) is 20.8 Å². The van der Waals surface area contributed by atoms with Crippen LogP contribution < -0.4 is 0 Å². The van der Waals surface area contributed by atoms with Crippen molar-refractivity contribution in [3.05, 3.63) is 0 Å². The van der Waals surface area contributed by atoms with Crippen molar-refractivity contribution in [2.24, 2.45) is 5.92 Å². The molecule has 0 aromatic carbocycles. The van der Waals surface area contributed by atoms with Gasteiger partial charge in [0.15, 0.2) is 0 Å². The summed E-state index contributed by atoms with van der Waals surface area (Å²) in [5, 5.41) is 8.63. The fraction of sp³-hybridized carbons (Fsp3) is 0.800. The molecule has 86 valence electrons. The number of hydrogen-bond acceptors (Lipinski definition) is 4. The van der Waals surface area contributed by atoms with Crippen molar-refractivity contribution >= 4 is 11.9 Å². The van der Waals surface area contributed by atoms with E-state index in [1.807, 2.05) is 0 Å². The molecule has 1 rings (SSSR count). The lowest BCUT2D eigenvalue weighted by Gasteiger charge is -2.36. The average molecular weight is 215 g/mol. The summed E-state index contributed by atoms with van der Waals surface area (Å²) in [5.74, 6) is -1.42. The second kappa shape index (κ2) is 4.18. The zero-order valence-electron chi connectivity index (χ0n) is 9.32. The van der Waals surface area contributed by atoms with Gasteiger partial charge in [0.05, 0.1) is 12.5 Å². The number of aliphatic carboxylic acids is 1. The molecule has 5 heteroatoms. The number of hydrogen-bond donors (Lipinski definition) is 1. The normalized spacial score (nSPS) is 18.3. The van der Waals surface area contributed by atoms with Crippen LogP contribution in [0.3, 0.4) is 0 Å². The van der Waals surface area contributed by atoms with Crippen molar-refractivity contribution < 1.29 is 19.4 Å². The van der Waals surface area contributed by atoms with Crippen molar-refractivity contribution in [3.63, 3.8) is 0 Å². The summed E-state index contributed by atoms with van der Waals surface area (Å²) in [6.07, 6.45) is 0. The summed E-state index contributed by atoms with van der Waals surface area (Å²) in [5.41, 5.74) is -0.478. The van der Waals surface area contributed by atoms with Crippen molar-refractivity contribution in [3.8, 4) is 0 Å². The number of carboxylic acid groups (broad SMARTS) is 1. The maximum atomic E-state index is 11.3. The lowest BCUT2D eigenvalue weighted by Crippen LogP contribution is -2.52. The minimum atomic E-state index is -0.796. The van der Waals surface area contributed by atoms with Gasteiger partial charge in [0, 0.05) is 13.1 Å². The first-order valence-corrected chi connectivity index (χ1v) is 4.95. The van der Waals surface area contributed by atoms with Crippen molar-refractivity contribution in [1.82, 2.24) is 4.90 Å². The van der Waals surface area contributed by atoms with E-state index in [1.165, 1.54) is 0 Å². The number of ether oxygens (including phenoxy) is 1. The molecule has 5 nitrogen and oxygen atoms in total. The second-order valence-corrected chi connectivity index (χ2v) is 4.82. The van der Waals surface area contributed by atoms with E-state index >= 15 is 0 Å². The zero-order chi connectivity index (χ0) is 11.6. The quantitative estimate of drug-likeness (QED) is 0.688. The molecule has 1 saturated heterocycles. The number of esters is 1. The lowest BCUT2D eigenvalue weighted by atomic mass is 10.0. The van der Waals surface area contributed by atoms with Crippen LogP contribution >= 0.6 is 0 Å². The third-order valence-corrected chi connectivity index (χ3v) is 2.08. The van der Waals surface area contributed by atoms with E-state index in [4.69, 9.17) is 9.84 Å². The Bertz CT molecular complexity index is 263. The SMILES string of the molecule is CC(C)(C)OC(=O)CN1CC(C(=O)O)C1. The van der Waals surface area contributed by atoms with Gasteiger partial charge in [-0.25, -0.2) is 0 Å². The van der Waals surface area contributed by atoms with Crippen LogP contribution in [0, 0.1) is 5.92 Å². The molecule has 1 aliphatic heterocycles. The number of carbonyl (C=O) groups excluding carboxylic acids is 1. The minimum absolute atomic E-state index is 0.182. The first-order valence-electron chi connectivity index (χ1n) is 4.95. The van der Waals surface area contributed by atoms with Crippen molar-refractivity contribution in [2.75, 3.05) is 19.6 Å². The summed E-state index contributed by atoms with van der Waals surface area (Å²) >= 11 is 0. The van der Waals surface area contributed by atoms with Crippen LogP contribution in [0.5, 0.6) is 0 Å². The van der Waals surface area contributed by atoms with Gasteiger partial charge >= 0.3 is 11.9 Å². The van der Waals surface area contributed by atoms with Crippen LogP contribution in [-0.2, 0) is 14.3 Å².